The van der Waals surface area contributed by atoms with Crippen molar-refractivity contribution in [2.75, 3.05) is 0 Å². The van der Waals surface area contributed by atoms with Gasteiger partial charge in [0.2, 0.25) is 0 Å². The molecule has 0 saturated carbocycles. The van der Waals surface area contributed by atoms with Gasteiger partial charge in [0.05, 0.1) is 8.30 Å². The minimum Gasteiger partial charge on any atom is -0.456 e. The fraction of sp³-hybridized carbons (Fsp3) is 0.269. The molecule has 0 bridgehead atoms. The number of benzene rings is 2. The first-order valence-corrected chi connectivity index (χ1v) is 10.7. The van der Waals surface area contributed by atoms with Crippen LogP contribution < -0.4 is 10.6 Å². The van der Waals surface area contributed by atoms with Gasteiger partial charge in [-0.2, -0.15) is 0 Å². The van der Waals surface area contributed by atoms with E-state index < -0.39 is 29.9 Å². The lowest BCUT2D eigenvalue weighted by Crippen LogP contribution is -2.27. The molecule has 34 heavy (non-hydrogen) atoms. The molecule has 3 aromatic rings. The number of nitrogens with one attached hydrogen (secondary N) is 2. The van der Waals surface area contributed by atoms with E-state index >= 15 is 0 Å². The van der Waals surface area contributed by atoms with E-state index in [4.69, 9.17) is 7.48 Å². The van der Waals surface area contributed by atoms with Crippen LogP contribution in [0.5, 0.6) is 0 Å². The Kier molecular flexibility index (Phi) is 6.85. The number of esters is 1. The molecule has 8 nitrogen and oxygen atoms in total. The van der Waals surface area contributed by atoms with Gasteiger partial charge in [-0.25, -0.2) is 14.8 Å². The Hall–Kier alpha value is -4.07. The number of carbonyl (C=O) groups is 3. The van der Waals surface area contributed by atoms with Gasteiger partial charge in [0.15, 0.2) is 0 Å². The van der Waals surface area contributed by atoms with E-state index in [0.717, 1.165) is 17.5 Å². The van der Waals surface area contributed by atoms with Crippen molar-refractivity contribution < 1.29 is 21.9 Å². The lowest BCUT2D eigenvalue weighted by atomic mass is 10.1. The number of amides is 2. The molecule has 0 unspecified atom stereocenters. The summed E-state index contributed by atoms with van der Waals surface area (Å²) in [5, 5.41) is 5.00. The lowest BCUT2D eigenvalue weighted by Gasteiger charge is -2.19. The van der Waals surface area contributed by atoms with E-state index in [1.807, 2.05) is 31.2 Å². The van der Waals surface area contributed by atoms with Gasteiger partial charge in [-0.15, -0.1) is 0 Å². The highest BCUT2D eigenvalue weighted by atomic mass is 16.6. The van der Waals surface area contributed by atoms with E-state index in [9.17, 15) is 14.4 Å². The Labute approximate surface area is 201 Å². The van der Waals surface area contributed by atoms with Crippen LogP contribution in [-0.4, -0.2) is 33.4 Å². The summed E-state index contributed by atoms with van der Waals surface area (Å²) in [5.41, 5.74) is 1.51. The molecule has 0 saturated heterocycles. The third-order valence-electron chi connectivity index (χ3n) is 4.51. The SMILES string of the molecule is [2H]C([2H])(NC(=O)c1cc(C(=O)NCc2cccc(C)c2)ncn1)c1ccc(C(=O)OC(C)(C)C)cc1. The minimum absolute atomic E-state index is 0.0231. The van der Waals surface area contributed by atoms with Crippen molar-refractivity contribution in [2.45, 2.75) is 46.3 Å². The number of aromatic nitrogens is 2. The van der Waals surface area contributed by atoms with Crippen LogP contribution in [0.1, 0.15) is 71.5 Å². The Balaban J connectivity index is 1.66. The quantitative estimate of drug-likeness (QED) is 0.519. The summed E-state index contributed by atoms with van der Waals surface area (Å²) in [6.07, 6.45) is 1.07. The summed E-state index contributed by atoms with van der Waals surface area (Å²) in [5.74, 6) is -1.85. The Morgan fingerprint density at radius 2 is 1.56 bits per heavy atom. The maximum Gasteiger partial charge on any atom is 0.338 e. The van der Waals surface area contributed by atoms with E-state index in [1.165, 1.54) is 30.3 Å². The van der Waals surface area contributed by atoms with Crippen LogP contribution in [0.3, 0.4) is 0 Å². The predicted molar refractivity (Wildman–Crippen MR) is 127 cm³/mol. The van der Waals surface area contributed by atoms with Gasteiger partial charge in [0.1, 0.15) is 23.3 Å². The zero-order valence-corrected chi connectivity index (χ0v) is 19.5. The highest BCUT2D eigenvalue weighted by Crippen LogP contribution is 2.13. The van der Waals surface area contributed by atoms with Crippen molar-refractivity contribution >= 4 is 17.8 Å². The maximum absolute atomic E-state index is 12.7. The molecule has 0 aliphatic carbocycles. The number of aryl methyl sites for hydroxylation is 1. The molecule has 1 aromatic heterocycles. The average molecular weight is 463 g/mol. The number of ether oxygens (including phenoxy) is 1. The summed E-state index contributed by atoms with van der Waals surface area (Å²) in [7, 11) is 0. The van der Waals surface area contributed by atoms with Crippen LogP contribution in [0.25, 0.3) is 0 Å². The molecule has 0 aliphatic rings. The van der Waals surface area contributed by atoms with Gasteiger partial charge in [0.25, 0.3) is 11.8 Å². The second-order valence-electron chi connectivity index (χ2n) is 8.62. The second kappa shape index (κ2) is 10.7. The van der Waals surface area contributed by atoms with Crippen LogP contribution in [0.4, 0.5) is 0 Å². The first kappa shape index (κ1) is 21.8. The first-order valence-electron chi connectivity index (χ1n) is 11.7. The minimum atomic E-state index is -2.28. The fourth-order valence-corrected chi connectivity index (χ4v) is 2.92. The van der Waals surface area contributed by atoms with Crippen LogP contribution >= 0.6 is 0 Å². The molecular weight excluding hydrogens is 432 g/mol. The van der Waals surface area contributed by atoms with Crippen molar-refractivity contribution in [3.63, 3.8) is 0 Å². The van der Waals surface area contributed by atoms with E-state index in [1.54, 1.807) is 20.8 Å². The number of hydrogen-bond donors (Lipinski definition) is 2. The van der Waals surface area contributed by atoms with Crippen LogP contribution in [0.2, 0.25) is 0 Å². The van der Waals surface area contributed by atoms with Crippen molar-refractivity contribution in [2.24, 2.45) is 0 Å². The van der Waals surface area contributed by atoms with Crippen LogP contribution in [0.15, 0.2) is 60.9 Å². The van der Waals surface area contributed by atoms with Gasteiger partial charge in [0, 0.05) is 19.1 Å². The molecule has 0 radical (unpaired) electrons. The topological polar surface area (TPSA) is 110 Å². The smallest absolute Gasteiger partial charge is 0.338 e. The van der Waals surface area contributed by atoms with E-state index in [-0.39, 0.29) is 29.1 Å². The monoisotopic (exact) mass is 462 g/mol. The zero-order chi connectivity index (χ0) is 26.5. The maximum atomic E-state index is 12.7. The fourth-order valence-electron chi connectivity index (χ4n) is 2.92. The number of nitrogens with zero attached hydrogens (tertiary/aromatic N) is 2. The Morgan fingerprint density at radius 3 is 2.18 bits per heavy atom. The third kappa shape index (κ3) is 7.23. The molecule has 176 valence electrons. The Bertz CT molecular complexity index is 1270. The van der Waals surface area contributed by atoms with Crippen molar-refractivity contribution in [3.05, 3.63) is 94.6 Å². The van der Waals surface area contributed by atoms with Crippen molar-refractivity contribution in [1.29, 1.82) is 0 Å². The molecule has 0 aliphatic heterocycles. The summed E-state index contributed by atoms with van der Waals surface area (Å²) in [6, 6.07) is 14.5. The van der Waals surface area contributed by atoms with Crippen molar-refractivity contribution in [1.82, 2.24) is 20.6 Å². The summed E-state index contributed by atoms with van der Waals surface area (Å²) in [6.45, 7) is 5.21. The van der Waals surface area contributed by atoms with Gasteiger partial charge in [-0.3, -0.25) is 9.59 Å². The van der Waals surface area contributed by atoms with Crippen LogP contribution in [0, 0.1) is 6.92 Å². The molecule has 3 rings (SSSR count). The van der Waals surface area contributed by atoms with Gasteiger partial charge < -0.3 is 15.4 Å². The number of carbonyl (C=O) groups excluding carboxylic acids is 3. The molecule has 0 fully saturated rings. The highest BCUT2D eigenvalue weighted by molar-refractivity contribution is 5.97. The lowest BCUT2D eigenvalue weighted by molar-refractivity contribution is 0.00692. The largest absolute Gasteiger partial charge is 0.456 e. The second-order valence-corrected chi connectivity index (χ2v) is 8.62. The molecule has 0 atom stereocenters. The predicted octanol–water partition coefficient (Wildman–Crippen LogP) is 3.60. The highest BCUT2D eigenvalue weighted by Gasteiger charge is 2.18. The van der Waals surface area contributed by atoms with E-state index in [0.29, 0.717) is 0 Å². The van der Waals surface area contributed by atoms with Gasteiger partial charge >= 0.3 is 5.97 Å². The van der Waals surface area contributed by atoms with Crippen molar-refractivity contribution in [3.8, 4) is 0 Å². The molecule has 8 heteroatoms. The third-order valence-corrected chi connectivity index (χ3v) is 4.51. The molecule has 2 amide bonds. The average Bonchev–Trinajstić information content (AvgIpc) is 2.81. The first-order chi connectivity index (χ1) is 16.8. The summed E-state index contributed by atoms with van der Waals surface area (Å²) in [4.78, 5) is 45.2. The summed E-state index contributed by atoms with van der Waals surface area (Å²) < 4.78 is 21.9. The van der Waals surface area contributed by atoms with Gasteiger partial charge in [-0.05, 0) is 51.0 Å². The van der Waals surface area contributed by atoms with Gasteiger partial charge in [-0.1, -0.05) is 42.0 Å². The molecular formula is C26H28N4O4. The molecule has 0 spiro atoms. The number of hydrogen-bond acceptors (Lipinski definition) is 6. The Morgan fingerprint density at radius 1 is 0.912 bits per heavy atom. The summed E-state index contributed by atoms with van der Waals surface area (Å²) >= 11 is 0. The standard InChI is InChI=1S/C26H28N4O4/c1-17-6-5-7-19(12-17)15-28-24(32)22-13-21(29-16-30-22)23(31)27-14-18-8-10-20(11-9-18)25(33)34-26(2,3)4/h5-13,16H,14-15H2,1-4H3,(H,27,31)(H,28,32)/i14D2. The number of rotatable bonds is 7. The van der Waals surface area contributed by atoms with Crippen LogP contribution in [-0.2, 0) is 17.8 Å². The zero-order valence-electron chi connectivity index (χ0n) is 21.5. The molecule has 2 N–H and O–H groups in total. The van der Waals surface area contributed by atoms with E-state index in [2.05, 4.69) is 20.6 Å². The molecule has 1 heterocycles. The molecule has 2 aromatic carbocycles. The normalized spacial score (nSPS) is 12.2.